The largest absolute Gasteiger partial charge is 0.395 e. The molecule has 12 heavy (non-hydrogen) atoms. The number of nitrogens with two attached hydrogens (primary N) is 1. The number of para-hydroxylation sites is 1. The van der Waals surface area contributed by atoms with Gasteiger partial charge >= 0.3 is 0 Å². The third-order valence-corrected chi connectivity index (χ3v) is 1.92. The maximum Gasteiger partial charge on any atom is 0.148 e. The third-order valence-electron chi connectivity index (χ3n) is 1.92. The zero-order valence-electron chi connectivity index (χ0n) is 7.34. The quantitative estimate of drug-likeness (QED) is 0.683. The molecule has 0 aliphatic rings. The molecule has 0 amide bonds. The van der Waals surface area contributed by atoms with E-state index in [-0.39, 0.29) is 11.5 Å². The first-order valence-corrected chi connectivity index (χ1v) is 3.92. The Morgan fingerprint density at radius 1 is 1.50 bits per heavy atom. The van der Waals surface area contributed by atoms with Crippen LogP contribution in [0.4, 0.5) is 15.8 Å². The van der Waals surface area contributed by atoms with Crippen molar-refractivity contribution in [1.29, 1.82) is 0 Å². The Hall–Kier alpha value is -1.25. The van der Waals surface area contributed by atoms with Crippen LogP contribution in [0.5, 0.6) is 0 Å². The van der Waals surface area contributed by atoms with Crippen LogP contribution >= 0.6 is 0 Å². The summed E-state index contributed by atoms with van der Waals surface area (Å²) >= 11 is 0. The second-order valence-electron chi connectivity index (χ2n) is 2.69. The lowest BCUT2D eigenvalue weighted by Gasteiger charge is -2.18. The highest BCUT2D eigenvalue weighted by molar-refractivity contribution is 5.67. The average Bonchev–Trinajstić information content (AvgIpc) is 2.08. The van der Waals surface area contributed by atoms with Gasteiger partial charge in [-0.15, -0.1) is 0 Å². The molecular weight excluding hydrogens is 155 g/mol. The Bertz CT molecular complexity index is 273. The lowest BCUT2D eigenvalue weighted by atomic mass is 10.2. The van der Waals surface area contributed by atoms with E-state index in [0.717, 1.165) is 12.2 Å². The highest BCUT2D eigenvalue weighted by atomic mass is 19.1. The fraction of sp³-hybridized carbons (Fsp3) is 0.333. The Balaban J connectivity index is 3.07. The topological polar surface area (TPSA) is 29.3 Å². The van der Waals surface area contributed by atoms with Crippen molar-refractivity contribution in [1.82, 2.24) is 0 Å². The second-order valence-corrected chi connectivity index (χ2v) is 2.69. The highest BCUT2D eigenvalue weighted by Gasteiger charge is 2.06. The average molecular weight is 168 g/mol. The van der Waals surface area contributed by atoms with E-state index in [9.17, 15) is 4.39 Å². The SMILES string of the molecule is CCN(C)c1cccc(F)c1N. The number of nitrogen functional groups attached to an aromatic ring is 1. The molecule has 0 fully saturated rings. The van der Waals surface area contributed by atoms with Crippen molar-refractivity contribution < 1.29 is 4.39 Å². The van der Waals surface area contributed by atoms with Gasteiger partial charge in [-0.05, 0) is 19.1 Å². The molecule has 66 valence electrons. The molecular formula is C9H13FN2. The van der Waals surface area contributed by atoms with Crippen LogP contribution in [0.25, 0.3) is 0 Å². The van der Waals surface area contributed by atoms with Crippen molar-refractivity contribution in [3.63, 3.8) is 0 Å². The van der Waals surface area contributed by atoms with Gasteiger partial charge in [0.05, 0.1) is 11.4 Å². The predicted octanol–water partition coefficient (Wildman–Crippen LogP) is 1.86. The summed E-state index contributed by atoms with van der Waals surface area (Å²) in [6.45, 7) is 2.80. The molecule has 0 unspecified atom stereocenters. The zero-order valence-corrected chi connectivity index (χ0v) is 7.34. The Kier molecular flexibility index (Phi) is 2.53. The molecule has 2 N–H and O–H groups in total. The van der Waals surface area contributed by atoms with Crippen LogP contribution in [0.3, 0.4) is 0 Å². The molecule has 0 saturated carbocycles. The number of halogens is 1. The first kappa shape index (κ1) is 8.84. The molecule has 0 atom stereocenters. The standard InChI is InChI=1S/C9H13FN2/c1-3-12(2)8-6-4-5-7(10)9(8)11/h4-6H,3,11H2,1-2H3. The van der Waals surface area contributed by atoms with Crippen molar-refractivity contribution in [3.8, 4) is 0 Å². The van der Waals surface area contributed by atoms with E-state index in [0.29, 0.717) is 0 Å². The van der Waals surface area contributed by atoms with E-state index < -0.39 is 0 Å². The third kappa shape index (κ3) is 1.49. The minimum absolute atomic E-state index is 0.224. The van der Waals surface area contributed by atoms with Gasteiger partial charge in [0.1, 0.15) is 5.82 Å². The van der Waals surface area contributed by atoms with Gasteiger partial charge in [-0.1, -0.05) is 6.07 Å². The molecule has 0 saturated heterocycles. The number of benzene rings is 1. The molecule has 0 aliphatic carbocycles. The molecule has 2 nitrogen and oxygen atoms in total. The molecule has 0 aromatic heterocycles. The van der Waals surface area contributed by atoms with E-state index in [1.54, 1.807) is 6.07 Å². The van der Waals surface area contributed by atoms with Crippen molar-refractivity contribution in [2.24, 2.45) is 0 Å². The zero-order chi connectivity index (χ0) is 9.14. The number of rotatable bonds is 2. The van der Waals surface area contributed by atoms with Gasteiger partial charge in [-0.2, -0.15) is 0 Å². The summed E-state index contributed by atoms with van der Waals surface area (Å²) in [5.74, 6) is -0.354. The predicted molar refractivity (Wildman–Crippen MR) is 49.8 cm³/mol. The second kappa shape index (κ2) is 3.43. The smallest absolute Gasteiger partial charge is 0.148 e. The summed E-state index contributed by atoms with van der Waals surface area (Å²) in [6.07, 6.45) is 0. The van der Waals surface area contributed by atoms with Gasteiger partial charge in [-0.25, -0.2) is 4.39 Å². The molecule has 0 spiro atoms. The van der Waals surface area contributed by atoms with E-state index in [1.165, 1.54) is 6.07 Å². The lowest BCUT2D eigenvalue weighted by Crippen LogP contribution is -2.17. The lowest BCUT2D eigenvalue weighted by molar-refractivity contribution is 0.632. The molecule has 0 radical (unpaired) electrons. The summed E-state index contributed by atoms with van der Waals surface area (Å²) in [5, 5.41) is 0. The Labute approximate surface area is 71.8 Å². The first-order chi connectivity index (χ1) is 5.66. The number of hydrogen-bond acceptors (Lipinski definition) is 2. The van der Waals surface area contributed by atoms with Crippen LogP contribution in [0.2, 0.25) is 0 Å². The summed E-state index contributed by atoms with van der Waals surface area (Å²) < 4.78 is 12.9. The summed E-state index contributed by atoms with van der Waals surface area (Å²) in [4.78, 5) is 1.90. The van der Waals surface area contributed by atoms with E-state index in [4.69, 9.17) is 5.73 Å². The van der Waals surface area contributed by atoms with Crippen LogP contribution < -0.4 is 10.6 Å². The highest BCUT2D eigenvalue weighted by Crippen LogP contribution is 2.23. The maximum absolute atomic E-state index is 12.9. The molecule has 0 aliphatic heterocycles. The van der Waals surface area contributed by atoms with Crippen LogP contribution in [0, 0.1) is 5.82 Å². The Morgan fingerprint density at radius 2 is 2.17 bits per heavy atom. The van der Waals surface area contributed by atoms with Gasteiger partial charge in [0.2, 0.25) is 0 Å². The van der Waals surface area contributed by atoms with E-state index >= 15 is 0 Å². The van der Waals surface area contributed by atoms with Gasteiger partial charge in [0.25, 0.3) is 0 Å². The summed E-state index contributed by atoms with van der Waals surface area (Å²) in [7, 11) is 1.88. The fourth-order valence-electron chi connectivity index (χ4n) is 1.03. The summed E-state index contributed by atoms with van der Waals surface area (Å²) in [5.41, 5.74) is 6.51. The van der Waals surface area contributed by atoms with Crippen LogP contribution in [-0.4, -0.2) is 13.6 Å². The number of nitrogens with zero attached hydrogens (tertiary/aromatic N) is 1. The summed E-state index contributed by atoms with van der Waals surface area (Å²) in [6, 6.07) is 4.83. The number of hydrogen-bond donors (Lipinski definition) is 1. The minimum atomic E-state index is -0.354. The fourth-order valence-corrected chi connectivity index (χ4v) is 1.03. The van der Waals surface area contributed by atoms with Crippen LogP contribution in [0.15, 0.2) is 18.2 Å². The molecule has 3 heteroatoms. The van der Waals surface area contributed by atoms with Gasteiger partial charge < -0.3 is 10.6 Å². The monoisotopic (exact) mass is 168 g/mol. The number of anilines is 2. The van der Waals surface area contributed by atoms with Crippen molar-refractivity contribution >= 4 is 11.4 Å². The van der Waals surface area contributed by atoms with Gasteiger partial charge in [-0.3, -0.25) is 0 Å². The Morgan fingerprint density at radius 3 is 2.75 bits per heavy atom. The van der Waals surface area contributed by atoms with Gasteiger partial charge in [0, 0.05) is 13.6 Å². The molecule has 0 heterocycles. The van der Waals surface area contributed by atoms with Crippen molar-refractivity contribution in [2.75, 3.05) is 24.2 Å². The molecule has 1 aromatic rings. The van der Waals surface area contributed by atoms with Crippen molar-refractivity contribution in [3.05, 3.63) is 24.0 Å². The first-order valence-electron chi connectivity index (χ1n) is 3.92. The van der Waals surface area contributed by atoms with Crippen LogP contribution in [-0.2, 0) is 0 Å². The molecule has 1 aromatic carbocycles. The van der Waals surface area contributed by atoms with E-state index in [2.05, 4.69) is 0 Å². The minimum Gasteiger partial charge on any atom is -0.395 e. The van der Waals surface area contributed by atoms with Crippen molar-refractivity contribution in [2.45, 2.75) is 6.92 Å². The maximum atomic E-state index is 12.9. The van der Waals surface area contributed by atoms with Gasteiger partial charge in [0.15, 0.2) is 0 Å². The van der Waals surface area contributed by atoms with E-state index in [1.807, 2.05) is 24.9 Å². The molecule has 1 rings (SSSR count). The van der Waals surface area contributed by atoms with Crippen LogP contribution in [0.1, 0.15) is 6.92 Å². The molecule has 0 bridgehead atoms. The normalized spacial score (nSPS) is 9.92.